The predicted octanol–water partition coefficient (Wildman–Crippen LogP) is 1.60. The summed E-state index contributed by atoms with van der Waals surface area (Å²) in [7, 11) is 1.67. The van der Waals surface area contributed by atoms with Crippen LogP contribution in [0.4, 0.5) is 4.79 Å². The Labute approximate surface area is 116 Å². The van der Waals surface area contributed by atoms with Crippen molar-refractivity contribution in [3.05, 3.63) is 0 Å². The number of ether oxygens (including phenoxy) is 1. The molecule has 0 aromatic rings. The van der Waals surface area contributed by atoms with Gasteiger partial charge in [-0.3, -0.25) is 0 Å². The molecule has 2 unspecified atom stereocenters. The van der Waals surface area contributed by atoms with E-state index in [-0.39, 0.29) is 23.6 Å². The van der Waals surface area contributed by atoms with Gasteiger partial charge in [0.25, 0.3) is 0 Å². The van der Waals surface area contributed by atoms with E-state index in [0.29, 0.717) is 19.6 Å². The summed E-state index contributed by atoms with van der Waals surface area (Å²) in [5.74, 6) is 0. The second kappa shape index (κ2) is 7.10. The fourth-order valence-corrected chi connectivity index (χ4v) is 2.76. The smallest absolute Gasteiger partial charge is 0.317 e. The highest BCUT2D eigenvalue weighted by atomic mass is 16.5. The van der Waals surface area contributed by atoms with E-state index < -0.39 is 0 Å². The van der Waals surface area contributed by atoms with E-state index >= 15 is 0 Å². The lowest BCUT2D eigenvalue weighted by Crippen LogP contribution is -2.47. The zero-order valence-corrected chi connectivity index (χ0v) is 12.6. The number of nitrogens with one attached hydrogen (secondary N) is 1. The zero-order valence-electron chi connectivity index (χ0n) is 12.6. The number of hydrogen-bond donors (Lipinski definition) is 2. The third-order valence-corrected chi connectivity index (χ3v) is 3.56. The van der Waals surface area contributed by atoms with Gasteiger partial charge in [-0.15, -0.1) is 0 Å². The summed E-state index contributed by atoms with van der Waals surface area (Å²) in [6, 6.07) is 0.183. The molecule has 112 valence electrons. The minimum atomic E-state index is -0.347. The molecule has 1 heterocycles. The number of aliphatic hydroxyl groups excluding tert-OH is 1. The Balaban J connectivity index is 2.42. The van der Waals surface area contributed by atoms with Crippen molar-refractivity contribution >= 4 is 6.03 Å². The minimum Gasteiger partial charge on any atom is -0.393 e. The van der Waals surface area contributed by atoms with Crippen LogP contribution < -0.4 is 5.32 Å². The van der Waals surface area contributed by atoms with Gasteiger partial charge < -0.3 is 20.1 Å². The summed E-state index contributed by atoms with van der Waals surface area (Å²) < 4.78 is 5.15. The van der Waals surface area contributed by atoms with E-state index in [1.54, 1.807) is 14.0 Å². The number of likely N-dealkylation sites (tertiary alicyclic amines) is 1. The minimum absolute atomic E-state index is 0.0155. The van der Waals surface area contributed by atoms with E-state index in [2.05, 4.69) is 19.2 Å². The molecule has 1 aliphatic rings. The molecule has 5 heteroatoms. The zero-order chi connectivity index (χ0) is 14.5. The molecular formula is C14H28N2O3. The molecule has 0 aromatic heterocycles. The Kier molecular flexibility index (Phi) is 6.07. The van der Waals surface area contributed by atoms with Gasteiger partial charge in [-0.2, -0.15) is 0 Å². The number of hydrogen-bond acceptors (Lipinski definition) is 3. The molecule has 0 radical (unpaired) electrons. The molecule has 1 rings (SSSR count). The van der Waals surface area contributed by atoms with Crippen LogP contribution in [0.15, 0.2) is 0 Å². The largest absolute Gasteiger partial charge is 0.393 e. The maximum absolute atomic E-state index is 12.2. The molecule has 1 aliphatic heterocycles. The summed E-state index contributed by atoms with van der Waals surface area (Å²) in [6.45, 7) is 7.86. The van der Waals surface area contributed by atoms with E-state index in [0.717, 1.165) is 19.4 Å². The summed E-state index contributed by atoms with van der Waals surface area (Å²) in [5, 5.41) is 12.4. The quantitative estimate of drug-likeness (QED) is 0.772. The number of methoxy groups -OCH3 is 1. The summed E-state index contributed by atoms with van der Waals surface area (Å²) in [5.41, 5.74) is -0.0969. The lowest BCUT2D eigenvalue weighted by molar-refractivity contribution is 0.114. The molecular weight excluding hydrogens is 244 g/mol. The van der Waals surface area contributed by atoms with Crippen molar-refractivity contribution in [2.24, 2.45) is 5.41 Å². The van der Waals surface area contributed by atoms with Crippen molar-refractivity contribution in [3.63, 3.8) is 0 Å². The summed E-state index contributed by atoms with van der Waals surface area (Å²) in [6.07, 6.45) is 2.38. The topological polar surface area (TPSA) is 61.8 Å². The van der Waals surface area contributed by atoms with Gasteiger partial charge in [-0.05, 0) is 31.6 Å². The normalized spacial score (nSPS) is 21.5. The van der Waals surface area contributed by atoms with E-state index in [1.807, 2.05) is 4.90 Å². The van der Waals surface area contributed by atoms with Crippen molar-refractivity contribution in [1.29, 1.82) is 0 Å². The van der Waals surface area contributed by atoms with Crippen molar-refractivity contribution in [3.8, 4) is 0 Å². The van der Waals surface area contributed by atoms with Crippen LogP contribution in [0.1, 0.15) is 40.0 Å². The first kappa shape index (κ1) is 16.2. The second-order valence-electron chi connectivity index (χ2n) is 6.32. The van der Waals surface area contributed by atoms with Crippen LogP contribution in [-0.2, 0) is 4.74 Å². The molecule has 0 saturated carbocycles. The van der Waals surface area contributed by atoms with Crippen LogP contribution in [0.5, 0.6) is 0 Å². The monoisotopic (exact) mass is 272 g/mol. The molecule has 0 bridgehead atoms. The number of urea groups is 1. The van der Waals surface area contributed by atoms with E-state index in [4.69, 9.17) is 4.74 Å². The SMILES string of the molecule is COCC1CCCN1C(=O)NCC(C)(C)CC(C)O. The lowest BCUT2D eigenvalue weighted by atomic mass is 9.87. The lowest BCUT2D eigenvalue weighted by Gasteiger charge is -2.29. The van der Waals surface area contributed by atoms with E-state index in [9.17, 15) is 9.90 Å². The van der Waals surface area contributed by atoms with Crippen molar-refractivity contribution in [2.75, 3.05) is 26.8 Å². The molecule has 0 aliphatic carbocycles. The molecule has 0 spiro atoms. The van der Waals surface area contributed by atoms with Crippen LogP contribution in [0.25, 0.3) is 0 Å². The standard InChI is InChI=1S/C14H28N2O3/c1-11(17)8-14(2,3)10-15-13(18)16-7-5-6-12(16)9-19-4/h11-12,17H,5-10H2,1-4H3,(H,15,18). The second-order valence-corrected chi connectivity index (χ2v) is 6.32. The highest BCUT2D eigenvalue weighted by molar-refractivity contribution is 5.74. The predicted molar refractivity (Wildman–Crippen MR) is 75.1 cm³/mol. The maximum atomic E-state index is 12.2. The van der Waals surface area contributed by atoms with Gasteiger partial charge >= 0.3 is 6.03 Å². The Morgan fingerprint density at radius 1 is 1.58 bits per heavy atom. The van der Waals surface area contributed by atoms with Gasteiger partial charge in [0.05, 0.1) is 18.8 Å². The molecule has 2 N–H and O–H groups in total. The Bertz CT molecular complexity index is 292. The Morgan fingerprint density at radius 2 is 2.26 bits per heavy atom. The van der Waals surface area contributed by atoms with Gasteiger partial charge in [-0.25, -0.2) is 4.79 Å². The van der Waals surface area contributed by atoms with Crippen LogP contribution in [0.2, 0.25) is 0 Å². The molecule has 0 aromatic carbocycles. The van der Waals surface area contributed by atoms with Crippen LogP contribution in [-0.4, -0.2) is 55.0 Å². The summed E-state index contributed by atoms with van der Waals surface area (Å²) >= 11 is 0. The van der Waals surface area contributed by atoms with Crippen molar-refractivity contribution in [1.82, 2.24) is 10.2 Å². The number of rotatable bonds is 6. The number of carbonyl (C=O) groups is 1. The van der Waals surface area contributed by atoms with Crippen molar-refractivity contribution < 1.29 is 14.6 Å². The first-order valence-corrected chi connectivity index (χ1v) is 7.07. The molecule has 2 atom stereocenters. The van der Waals surface area contributed by atoms with Gasteiger partial charge in [0.15, 0.2) is 0 Å². The number of aliphatic hydroxyl groups is 1. The highest BCUT2D eigenvalue weighted by Gasteiger charge is 2.29. The van der Waals surface area contributed by atoms with Crippen LogP contribution >= 0.6 is 0 Å². The van der Waals surface area contributed by atoms with Crippen molar-refractivity contribution in [2.45, 2.75) is 52.2 Å². The molecule has 5 nitrogen and oxygen atoms in total. The third kappa shape index (κ3) is 5.37. The summed E-state index contributed by atoms with van der Waals surface area (Å²) in [4.78, 5) is 14.0. The van der Waals surface area contributed by atoms with Crippen LogP contribution in [0.3, 0.4) is 0 Å². The molecule has 1 saturated heterocycles. The first-order valence-electron chi connectivity index (χ1n) is 7.07. The molecule has 1 fully saturated rings. The number of carbonyl (C=O) groups excluding carboxylic acids is 1. The maximum Gasteiger partial charge on any atom is 0.317 e. The Morgan fingerprint density at radius 3 is 2.84 bits per heavy atom. The van der Waals surface area contributed by atoms with Gasteiger partial charge in [-0.1, -0.05) is 13.8 Å². The number of amides is 2. The highest BCUT2D eigenvalue weighted by Crippen LogP contribution is 2.22. The first-order chi connectivity index (χ1) is 8.85. The van der Waals surface area contributed by atoms with Gasteiger partial charge in [0.1, 0.15) is 0 Å². The Hall–Kier alpha value is -0.810. The number of nitrogens with zero attached hydrogens (tertiary/aromatic N) is 1. The molecule has 2 amide bonds. The average molecular weight is 272 g/mol. The van der Waals surface area contributed by atoms with Crippen LogP contribution in [0, 0.1) is 5.41 Å². The fraction of sp³-hybridized carbons (Fsp3) is 0.929. The molecule has 19 heavy (non-hydrogen) atoms. The van der Waals surface area contributed by atoms with Gasteiger partial charge in [0.2, 0.25) is 0 Å². The average Bonchev–Trinajstić information content (AvgIpc) is 2.73. The fourth-order valence-electron chi connectivity index (χ4n) is 2.76. The third-order valence-electron chi connectivity index (χ3n) is 3.56. The van der Waals surface area contributed by atoms with E-state index in [1.165, 1.54) is 0 Å². The van der Waals surface area contributed by atoms with Gasteiger partial charge in [0, 0.05) is 20.2 Å².